The number of ether oxygens (including phenoxy) is 2. The Morgan fingerprint density at radius 2 is 1.91 bits per heavy atom. The van der Waals surface area contributed by atoms with Gasteiger partial charge in [-0.1, -0.05) is 0 Å². The summed E-state index contributed by atoms with van der Waals surface area (Å²) in [5, 5.41) is 4.41. The molecule has 8 nitrogen and oxygen atoms in total. The molecule has 2 aromatic carbocycles. The van der Waals surface area contributed by atoms with Gasteiger partial charge in [0.1, 0.15) is 24.0 Å². The molecule has 34 heavy (non-hydrogen) atoms. The van der Waals surface area contributed by atoms with Crippen molar-refractivity contribution < 1.29 is 9.47 Å². The molecule has 2 aliphatic rings. The van der Waals surface area contributed by atoms with Crippen LogP contribution in [0.1, 0.15) is 6.92 Å². The molecule has 2 saturated heterocycles. The van der Waals surface area contributed by atoms with E-state index in [1.165, 1.54) is 0 Å². The Labute approximate surface area is 202 Å². The van der Waals surface area contributed by atoms with Crippen molar-refractivity contribution in [2.45, 2.75) is 13.0 Å². The van der Waals surface area contributed by atoms with Crippen molar-refractivity contribution >= 4 is 49.6 Å². The van der Waals surface area contributed by atoms with Gasteiger partial charge < -0.3 is 24.6 Å². The lowest BCUT2D eigenvalue weighted by atomic mass is 10.0. The minimum Gasteiger partial charge on any atom is -0.489 e. The lowest BCUT2D eigenvalue weighted by Crippen LogP contribution is -2.44. The van der Waals surface area contributed by atoms with Crippen LogP contribution < -0.4 is 15.0 Å². The van der Waals surface area contributed by atoms with Crippen LogP contribution in [-0.4, -0.2) is 72.4 Å². The zero-order valence-corrected chi connectivity index (χ0v) is 20.2. The number of rotatable bonds is 6. The average molecular weight is 477 g/mol. The summed E-state index contributed by atoms with van der Waals surface area (Å²) in [5.74, 6) is 1.95. The predicted molar refractivity (Wildman–Crippen MR) is 137 cm³/mol. The Balaban J connectivity index is 1.40. The monoisotopic (exact) mass is 476 g/mol. The van der Waals surface area contributed by atoms with Crippen LogP contribution in [0.5, 0.6) is 5.75 Å². The van der Waals surface area contributed by atoms with Crippen LogP contribution in [-0.2, 0) is 4.74 Å². The number of fused-ring (bicyclic) bond motifs is 2. The maximum atomic E-state index is 6.58. The Hall–Kier alpha value is -3.01. The maximum Gasteiger partial charge on any atom is 0.145 e. The summed E-state index contributed by atoms with van der Waals surface area (Å²) >= 11 is 1.63. The number of nitrogens with zero attached hydrogens (tertiary/aromatic N) is 5. The standard InChI is InChI=1S/C25H28N6O2S/c1-16(17-12-32-13-17)33-22-11-19(31-7-5-30(2)6-8-31)10-21-24(22)25(27-14-26-21)29-18-3-4-20-23(9-18)34-15-28-20/h3-4,9-11,14-17H,5-8,12-13H2,1-2H3,(H,26,27,29)/t16-/m1/s1. The smallest absolute Gasteiger partial charge is 0.145 e. The van der Waals surface area contributed by atoms with Gasteiger partial charge in [0.05, 0.1) is 39.8 Å². The van der Waals surface area contributed by atoms with E-state index in [2.05, 4.69) is 62.2 Å². The van der Waals surface area contributed by atoms with E-state index >= 15 is 0 Å². The molecule has 0 aliphatic carbocycles. The number of thiazole rings is 1. The van der Waals surface area contributed by atoms with Crippen LogP contribution in [0.4, 0.5) is 17.2 Å². The summed E-state index contributed by atoms with van der Waals surface area (Å²) in [7, 11) is 2.17. The first-order valence-corrected chi connectivity index (χ1v) is 12.6. The molecule has 4 heterocycles. The summed E-state index contributed by atoms with van der Waals surface area (Å²) in [6.07, 6.45) is 1.66. The van der Waals surface area contributed by atoms with Gasteiger partial charge in [0.25, 0.3) is 0 Å². The van der Waals surface area contributed by atoms with Gasteiger partial charge in [-0.2, -0.15) is 0 Å². The number of benzene rings is 2. The van der Waals surface area contributed by atoms with Gasteiger partial charge in [-0.05, 0) is 38.2 Å². The zero-order valence-electron chi connectivity index (χ0n) is 19.4. The lowest BCUT2D eigenvalue weighted by molar-refractivity contribution is -0.0773. The summed E-state index contributed by atoms with van der Waals surface area (Å²) in [6.45, 7) is 7.66. The summed E-state index contributed by atoms with van der Waals surface area (Å²) in [5.41, 5.74) is 5.85. The first-order chi connectivity index (χ1) is 16.6. The molecule has 0 saturated carbocycles. The highest BCUT2D eigenvalue weighted by Crippen LogP contribution is 2.38. The van der Waals surface area contributed by atoms with Crippen LogP contribution in [0.2, 0.25) is 0 Å². The fraction of sp³-hybridized carbons (Fsp3) is 0.400. The van der Waals surface area contributed by atoms with E-state index in [1.807, 2.05) is 17.6 Å². The van der Waals surface area contributed by atoms with Gasteiger partial charge in [-0.15, -0.1) is 11.3 Å². The van der Waals surface area contributed by atoms with Crippen molar-refractivity contribution in [1.82, 2.24) is 19.9 Å². The quantitative estimate of drug-likeness (QED) is 0.445. The zero-order chi connectivity index (χ0) is 23.1. The minimum atomic E-state index is 0.0429. The summed E-state index contributed by atoms with van der Waals surface area (Å²) in [4.78, 5) is 18.4. The lowest BCUT2D eigenvalue weighted by Gasteiger charge is -2.35. The topological polar surface area (TPSA) is 75.6 Å². The molecule has 0 bridgehead atoms. The molecule has 0 spiro atoms. The van der Waals surface area contributed by atoms with Gasteiger partial charge in [-0.25, -0.2) is 15.0 Å². The highest BCUT2D eigenvalue weighted by molar-refractivity contribution is 7.16. The second-order valence-corrected chi connectivity index (χ2v) is 10.0. The molecule has 2 aliphatic heterocycles. The maximum absolute atomic E-state index is 6.58. The highest BCUT2D eigenvalue weighted by Gasteiger charge is 2.28. The van der Waals surface area contributed by atoms with Crippen LogP contribution in [0, 0.1) is 5.92 Å². The van der Waals surface area contributed by atoms with Crippen LogP contribution in [0.3, 0.4) is 0 Å². The molecule has 1 atom stereocenters. The summed E-state index contributed by atoms with van der Waals surface area (Å²) in [6, 6.07) is 10.5. The number of aromatic nitrogens is 3. The van der Waals surface area contributed by atoms with Crippen molar-refractivity contribution in [2.24, 2.45) is 5.92 Å². The molecule has 4 aromatic rings. The van der Waals surface area contributed by atoms with Crippen molar-refractivity contribution in [1.29, 1.82) is 0 Å². The number of likely N-dealkylation sites (N-methyl/N-ethyl adjacent to an activating group) is 1. The number of hydrogen-bond acceptors (Lipinski definition) is 9. The Bertz CT molecular complexity index is 1320. The second-order valence-electron chi connectivity index (χ2n) is 9.13. The molecule has 1 N–H and O–H groups in total. The van der Waals surface area contributed by atoms with E-state index in [4.69, 9.17) is 9.47 Å². The van der Waals surface area contributed by atoms with Crippen LogP contribution in [0.15, 0.2) is 42.2 Å². The molecular formula is C25H28N6O2S. The highest BCUT2D eigenvalue weighted by atomic mass is 32.1. The van der Waals surface area contributed by atoms with Gasteiger partial charge in [0, 0.05) is 49.5 Å². The van der Waals surface area contributed by atoms with E-state index < -0.39 is 0 Å². The molecule has 0 radical (unpaired) electrons. The van der Waals surface area contributed by atoms with Crippen molar-refractivity contribution in [3.63, 3.8) is 0 Å². The van der Waals surface area contributed by atoms with E-state index in [9.17, 15) is 0 Å². The van der Waals surface area contributed by atoms with E-state index in [0.29, 0.717) is 5.92 Å². The Kier molecular flexibility index (Phi) is 5.68. The molecule has 0 amide bonds. The Morgan fingerprint density at radius 3 is 2.71 bits per heavy atom. The SMILES string of the molecule is C[C@@H](Oc1cc(N2CCN(C)CC2)cc2ncnc(Nc3ccc4ncsc4c3)c12)C1COC1. The average Bonchev–Trinajstić information content (AvgIpc) is 3.26. The van der Waals surface area contributed by atoms with Gasteiger partial charge >= 0.3 is 0 Å². The number of anilines is 3. The predicted octanol–water partition coefficient (Wildman–Crippen LogP) is 4.15. The third-order valence-corrected chi connectivity index (χ3v) is 7.58. The van der Waals surface area contributed by atoms with Gasteiger partial charge in [0.15, 0.2) is 0 Å². The molecule has 6 rings (SSSR count). The van der Waals surface area contributed by atoms with E-state index in [0.717, 1.165) is 83.5 Å². The van der Waals surface area contributed by atoms with E-state index in [-0.39, 0.29) is 6.10 Å². The normalized spacial score (nSPS) is 18.2. The number of hydrogen-bond donors (Lipinski definition) is 1. The van der Waals surface area contributed by atoms with Crippen LogP contribution in [0.25, 0.3) is 21.1 Å². The molecule has 2 aromatic heterocycles. The molecule has 0 unspecified atom stereocenters. The number of nitrogens with one attached hydrogen (secondary N) is 1. The van der Waals surface area contributed by atoms with Crippen molar-refractivity contribution in [3.8, 4) is 5.75 Å². The third kappa shape index (κ3) is 4.15. The fourth-order valence-electron chi connectivity index (χ4n) is 4.47. The first kappa shape index (κ1) is 21.5. The Morgan fingerprint density at radius 1 is 1.06 bits per heavy atom. The van der Waals surface area contributed by atoms with Gasteiger partial charge in [-0.3, -0.25) is 0 Å². The molecule has 9 heteroatoms. The minimum absolute atomic E-state index is 0.0429. The van der Waals surface area contributed by atoms with Crippen LogP contribution >= 0.6 is 11.3 Å². The van der Waals surface area contributed by atoms with Gasteiger partial charge in [0.2, 0.25) is 0 Å². The van der Waals surface area contributed by atoms with Crippen molar-refractivity contribution in [2.75, 3.05) is 56.7 Å². The van der Waals surface area contributed by atoms with Crippen molar-refractivity contribution in [3.05, 3.63) is 42.2 Å². The number of piperazine rings is 1. The molecule has 176 valence electrons. The second kappa shape index (κ2) is 8.98. The largest absolute Gasteiger partial charge is 0.489 e. The fourth-order valence-corrected chi connectivity index (χ4v) is 5.18. The first-order valence-electron chi connectivity index (χ1n) is 11.7. The third-order valence-electron chi connectivity index (χ3n) is 6.79. The molecular weight excluding hydrogens is 448 g/mol. The molecule has 2 fully saturated rings. The van der Waals surface area contributed by atoms with E-state index in [1.54, 1.807) is 17.7 Å². The summed E-state index contributed by atoms with van der Waals surface area (Å²) < 4.78 is 13.1.